The zero-order valence-corrected chi connectivity index (χ0v) is 30.0. The van der Waals surface area contributed by atoms with Crippen molar-refractivity contribution in [1.82, 2.24) is 0 Å². The SMILES string of the molecule is CC(C)(CCCCOC(C)(C)C(=O)COc1ccc2sc3ccccc3c(=O)c2c1)OC(=O)COc1ccc2sc3ccccc3c(=O)c2c1. The number of ether oxygens (including phenoxy) is 4. The van der Waals surface area contributed by atoms with Gasteiger partial charge in [-0.3, -0.25) is 14.4 Å². The van der Waals surface area contributed by atoms with Crippen LogP contribution in [0.1, 0.15) is 47.0 Å². The minimum atomic E-state index is -1.07. The van der Waals surface area contributed by atoms with Crippen LogP contribution in [-0.4, -0.2) is 42.8 Å². The quantitative estimate of drug-likeness (QED) is 0.0630. The number of hydrogen-bond donors (Lipinski definition) is 0. The highest BCUT2D eigenvalue weighted by Crippen LogP contribution is 2.29. The fourth-order valence-electron chi connectivity index (χ4n) is 5.66. The lowest BCUT2D eigenvalue weighted by Gasteiger charge is -2.26. The summed E-state index contributed by atoms with van der Waals surface area (Å²) in [4.78, 5) is 51.6. The number of unbranched alkanes of at least 4 members (excludes halogenated alkanes) is 1. The van der Waals surface area contributed by atoms with E-state index < -0.39 is 17.2 Å². The molecule has 10 heteroatoms. The molecule has 0 saturated carbocycles. The summed E-state index contributed by atoms with van der Waals surface area (Å²) in [7, 11) is 0. The maximum Gasteiger partial charge on any atom is 0.344 e. The summed E-state index contributed by atoms with van der Waals surface area (Å²) in [5.41, 5.74) is -1.93. The van der Waals surface area contributed by atoms with Gasteiger partial charge in [-0.05, 0) is 108 Å². The molecule has 0 radical (unpaired) electrons. The molecule has 0 fully saturated rings. The number of esters is 1. The molecule has 2 heterocycles. The zero-order chi connectivity index (χ0) is 35.5. The summed E-state index contributed by atoms with van der Waals surface area (Å²) in [5, 5.41) is 2.44. The predicted molar refractivity (Wildman–Crippen MR) is 201 cm³/mol. The van der Waals surface area contributed by atoms with Crippen LogP contribution in [0.4, 0.5) is 0 Å². The van der Waals surface area contributed by atoms with Gasteiger partial charge in [0.2, 0.25) is 5.78 Å². The van der Waals surface area contributed by atoms with Crippen LogP contribution in [0.15, 0.2) is 94.5 Å². The molecule has 0 saturated heterocycles. The molecule has 2 aromatic heterocycles. The van der Waals surface area contributed by atoms with E-state index in [1.54, 1.807) is 49.4 Å². The van der Waals surface area contributed by atoms with Gasteiger partial charge in [-0.15, -0.1) is 22.7 Å². The number of carbonyl (C=O) groups excluding carboxylic acids is 2. The molecular weight excluding hydrogens is 673 g/mol. The Morgan fingerprint density at radius 1 is 0.620 bits per heavy atom. The third-order valence-corrected chi connectivity index (χ3v) is 10.8. The Balaban J connectivity index is 0.928. The minimum Gasteiger partial charge on any atom is -0.486 e. The van der Waals surface area contributed by atoms with E-state index in [2.05, 4.69) is 0 Å². The van der Waals surface area contributed by atoms with Crippen LogP contribution in [0, 0.1) is 0 Å². The van der Waals surface area contributed by atoms with Gasteiger partial charge >= 0.3 is 5.97 Å². The van der Waals surface area contributed by atoms with Crippen molar-refractivity contribution < 1.29 is 28.5 Å². The second kappa shape index (κ2) is 14.7. The first-order valence-corrected chi connectivity index (χ1v) is 18.1. The molecule has 6 aromatic rings. The van der Waals surface area contributed by atoms with E-state index in [0.717, 1.165) is 18.8 Å². The number of benzene rings is 4. The normalized spacial score (nSPS) is 12.1. The van der Waals surface area contributed by atoms with Crippen molar-refractivity contribution >= 4 is 74.8 Å². The third kappa shape index (κ3) is 8.04. The molecule has 0 aliphatic heterocycles. The number of hydrogen-bond acceptors (Lipinski definition) is 10. The van der Waals surface area contributed by atoms with Gasteiger partial charge in [0.15, 0.2) is 17.5 Å². The Labute approximate surface area is 297 Å². The van der Waals surface area contributed by atoms with Crippen LogP contribution in [0.2, 0.25) is 0 Å². The van der Waals surface area contributed by atoms with Crippen molar-refractivity contribution in [2.45, 2.75) is 58.2 Å². The molecule has 0 spiro atoms. The Bertz CT molecular complexity index is 2340. The molecule has 4 aromatic carbocycles. The van der Waals surface area contributed by atoms with Crippen LogP contribution in [0.5, 0.6) is 11.5 Å². The molecule has 50 heavy (non-hydrogen) atoms. The first-order valence-electron chi connectivity index (χ1n) is 16.5. The predicted octanol–water partition coefficient (Wildman–Crippen LogP) is 8.46. The first kappa shape index (κ1) is 35.2. The topological polar surface area (TPSA) is 105 Å². The molecule has 0 amide bonds. The van der Waals surface area contributed by atoms with Crippen molar-refractivity contribution in [2.24, 2.45) is 0 Å². The Morgan fingerprint density at radius 3 is 1.68 bits per heavy atom. The lowest BCUT2D eigenvalue weighted by atomic mass is 10.0. The highest BCUT2D eigenvalue weighted by Gasteiger charge is 2.29. The van der Waals surface area contributed by atoms with Crippen LogP contribution < -0.4 is 20.3 Å². The second-order valence-corrected chi connectivity index (χ2v) is 15.4. The summed E-state index contributed by atoms with van der Waals surface area (Å²) in [6.07, 6.45) is 1.95. The Morgan fingerprint density at radius 2 is 1.12 bits per heavy atom. The van der Waals surface area contributed by atoms with Gasteiger partial charge in [-0.1, -0.05) is 24.3 Å². The summed E-state index contributed by atoms with van der Waals surface area (Å²) < 4.78 is 26.7. The number of rotatable bonds is 14. The van der Waals surface area contributed by atoms with Crippen molar-refractivity contribution in [2.75, 3.05) is 19.8 Å². The minimum absolute atomic E-state index is 0.0590. The maximum absolute atomic E-state index is 13.0. The van der Waals surface area contributed by atoms with Crippen LogP contribution in [-0.2, 0) is 19.1 Å². The van der Waals surface area contributed by atoms with E-state index in [9.17, 15) is 19.2 Å². The van der Waals surface area contributed by atoms with E-state index in [4.69, 9.17) is 18.9 Å². The van der Waals surface area contributed by atoms with Gasteiger partial charge in [0.25, 0.3) is 0 Å². The highest BCUT2D eigenvalue weighted by molar-refractivity contribution is 7.24. The van der Waals surface area contributed by atoms with Crippen LogP contribution in [0.3, 0.4) is 0 Å². The molecule has 0 bridgehead atoms. The maximum atomic E-state index is 13.0. The van der Waals surface area contributed by atoms with Gasteiger partial charge < -0.3 is 18.9 Å². The molecule has 0 aliphatic rings. The third-order valence-electron chi connectivity index (χ3n) is 8.52. The van der Waals surface area contributed by atoms with Crippen molar-refractivity contribution in [3.05, 3.63) is 105 Å². The molecular formula is C40H38O8S2. The number of fused-ring (bicyclic) bond motifs is 4. The van der Waals surface area contributed by atoms with Gasteiger partial charge in [0.1, 0.15) is 29.3 Å². The fraction of sp³-hybridized carbons (Fsp3) is 0.300. The summed E-state index contributed by atoms with van der Waals surface area (Å²) in [6.45, 7) is 6.98. The second-order valence-electron chi connectivity index (χ2n) is 13.2. The lowest BCUT2D eigenvalue weighted by molar-refractivity contribution is -0.159. The van der Waals surface area contributed by atoms with Gasteiger partial charge in [0.05, 0.1) is 0 Å². The van der Waals surface area contributed by atoms with E-state index in [1.165, 1.54) is 11.3 Å². The standard InChI is InChI=1S/C40H38O8S2/c1-39(2,48-36(42)24-46-26-16-18-34-30(22-26)38(44)28-12-6-8-14-32(28)50-34)19-9-10-20-47-40(3,4)35(41)23-45-25-15-17-33-29(21-25)37(43)27-11-5-7-13-31(27)49-33/h5-8,11-18,21-22H,9-10,19-20,23-24H2,1-4H3. The van der Waals surface area contributed by atoms with Crippen molar-refractivity contribution in [1.29, 1.82) is 0 Å². The van der Waals surface area contributed by atoms with Crippen molar-refractivity contribution in [3.8, 4) is 11.5 Å². The average molecular weight is 711 g/mol. The Kier molecular flexibility index (Phi) is 10.3. The smallest absolute Gasteiger partial charge is 0.344 e. The lowest BCUT2D eigenvalue weighted by Crippen LogP contribution is -2.39. The average Bonchev–Trinajstić information content (AvgIpc) is 3.09. The molecule has 0 unspecified atom stereocenters. The van der Waals surface area contributed by atoms with Crippen molar-refractivity contribution in [3.63, 3.8) is 0 Å². The number of ketones is 1. The molecule has 0 atom stereocenters. The summed E-state index contributed by atoms with van der Waals surface area (Å²) in [5.74, 6) is 0.150. The van der Waals surface area contributed by atoms with Gasteiger partial charge in [-0.2, -0.15) is 0 Å². The van der Waals surface area contributed by atoms with E-state index in [0.29, 0.717) is 58.9 Å². The fourth-order valence-corrected chi connectivity index (χ4v) is 7.76. The zero-order valence-electron chi connectivity index (χ0n) is 28.4. The molecule has 6 rings (SSSR count). The van der Waals surface area contributed by atoms with E-state index >= 15 is 0 Å². The van der Waals surface area contributed by atoms with Gasteiger partial charge in [0, 0.05) is 47.0 Å². The van der Waals surface area contributed by atoms with E-state index in [-0.39, 0.29) is 29.9 Å². The molecule has 8 nitrogen and oxygen atoms in total. The highest BCUT2D eigenvalue weighted by atomic mass is 32.1. The molecule has 0 N–H and O–H groups in total. The molecule has 258 valence electrons. The van der Waals surface area contributed by atoms with Crippen LogP contribution in [0.25, 0.3) is 40.3 Å². The first-order chi connectivity index (χ1) is 23.9. The monoisotopic (exact) mass is 710 g/mol. The number of Topliss-reactive ketones (excluding diaryl/α,β-unsaturated/α-hetero) is 1. The largest absolute Gasteiger partial charge is 0.486 e. The molecule has 0 aliphatic carbocycles. The van der Waals surface area contributed by atoms with Crippen LogP contribution >= 0.6 is 22.7 Å². The Hall–Kier alpha value is -4.64. The van der Waals surface area contributed by atoms with Gasteiger partial charge in [-0.25, -0.2) is 4.79 Å². The summed E-state index contributed by atoms with van der Waals surface area (Å²) >= 11 is 3.08. The summed E-state index contributed by atoms with van der Waals surface area (Å²) in [6, 6.07) is 25.5. The van der Waals surface area contributed by atoms with E-state index in [1.807, 2.05) is 74.5 Å². The number of carbonyl (C=O) groups is 2.